The Morgan fingerprint density at radius 3 is 2.17 bits per heavy atom. The molecule has 42 heavy (non-hydrogen) atoms. The molecular weight excluding hydrogens is 607 g/mol. The molecule has 0 unspecified atom stereocenters. The Hall–Kier alpha value is -3.13. The number of carbonyl (C=O) groups excluding carboxylic acids is 1. The molecule has 1 aromatic heterocycles. The summed E-state index contributed by atoms with van der Waals surface area (Å²) < 4.78 is 87.9. The number of alkyl halides is 3. The Bertz CT molecular complexity index is 1250. The predicted molar refractivity (Wildman–Crippen MR) is 127 cm³/mol. The van der Waals surface area contributed by atoms with Gasteiger partial charge in [-0.05, 0) is 37.4 Å². The maximum absolute atomic E-state index is 13.7. The van der Waals surface area contributed by atoms with Gasteiger partial charge in [0.25, 0.3) is 0 Å². The molecule has 0 spiro atoms. The summed E-state index contributed by atoms with van der Waals surface area (Å²) in [7, 11) is -5.14. The van der Waals surface area contributed by atoms with Gasteiger partial charge in [-0.1, -0.05) is 0 Å². The molecule has 0 saturated carbocycles. The average molecular weight is 635 g/mol. The third-order valence-corrected chi connectivity index (χ3v) is 5.40. The number of halogens is 6. The number of benzene rings is 1. The van der Waals surface area contributed by atoms with Crippen molar-refractivity contribution in [2.45, 2.75) is 57.0 Å². The number of hydrogen-bond acceptors (Lipinski definition) is 10. The molecule has 21 heteroatoms. The monoisotopic (exact) mass is 635 g/mol. The number of aliphatic carboxylic acids is 1. The van der Waals surface area contributed by atoms with Crippen LogP contribution in [0.1, 0.15) is 36.5 Å². The normalized spacial score (nSPS) is 14.5. The molecule has 14 nitrogen and oxygen atoms in total. The van der Waals surface area contributed by atoms with Gasteiger partial charge in [-0.15, -0.1) is 10.2 Å². The number of nitrogens with zero attached hydrogens (tertiary/aromatic N) is 4. The van der Waals surface area contributed by atoms with Crippen molar-refractivity contribution < 1.29 is 60.3 Å². The van der Waals surface area contributed by atoms with Crippen molar-refractivity contribution in [2.24, 2.45) is 17.2 Å². The molecule has 1 aliphatic heterocycles. The smallest absolute Gasteiger partial charge is 0.451 e. The van der Waals surface area contributed by atoms with Gasteiger partial charge in [0.05, 0.1) is 14.4 Å². The van der Waals surface area contributed by atoms with Crippen LogP contribution < -0.4 is 27.0 Å². The standard InChI is InChI=1S/C16H15F6N5O.C5H12N2O2.H3O4P/c17-10-6-12(19)11(18)4-8(10)3-9(23)5-14(28)26-1-2-27-13(7-26)24-25-15(27)16(20,21)22;6-3-1-2-4(7)5(8)9;1-5(2,3)4/h4,6,9H,1-3,5,7,23H2;4H,1-3,6-7H2,(H,8,9);(H3,1,2,3,4)/p-2/t9-;4-;/m10./s1. The van der Waals surface area contributed by atoms with E-state index in [1.54, 1.807) is 0 Å². The molecule has 0 aliphatic carbocycles. The number of fused-ring (bicyclic) bond motifs is 1. The predicted octanol–water partition coefficient (Wildman–Crippen LogP) is -1.04. The Morgan fingerprint density at radius 2 is 1.64 bits per heavy atom. The zero-order chi connectivity index (χ0) is 32.4. The summed E-state index contributed by atoms with van der Waals surface area (Å²) in [6, 6.07) is -0.558. The average Bonchev–Trinajstić information content (AvgIpc) is 3.29. The summed E-state index contributed by atoms with van der Waals surface area (Å²) in [4.78, 5) is 48.0. The van der Waals surface area contributed by atoms with E-state index >= 15 is 0 Å². The third kappa shape index (κ3) is 12.8. The third-order valence-electron chi connectivity index (χ3n) is 5.40. The van der Waals surface area contributed by atoms with Gasteiger partial charge in [-0.25, -0.2) is 13.2 Å². The number of aromatic nitrogens is 3. The number of carboxylic acids is 1. The van der Waals surface area contributed by atoms with Gasteiger partial charge in [0.15, 0.2) is 17.5 Å². The highest BCUT2D eigenvalue weighted by molar-refractivity contribution is 7.42. The molecule has 1 aromatic carbocycles. The molecule has 1 amide bonds. The fraction of sp³-hybridized carbons (Fsp3) is 0.524. The van der Waals surface area contributed by atoms with Crippen LogP contribution in [0.25, 0.3) is 0 Å². The Morgan fingerprint density at radius 1 is 1.07 bits per heavy atom. The van der Waals surface area contributed by atoms with Gasteiger partial charge in [0, 0.05) is 31.6 Å². The van der Waals surface area contributed by atoms with Gasteiger partial charge in [0.1, 0.15) is 11.9 Å². The van der Waals surface area contributed by atoms with E-state index in [1.165, 1.54) is 4.90 Å². The number of carbonyl (C=O) groups is 2. The summed E-state index contributed by atoms with van der Waals surface area (Å²) in [6.45, 7) is 0.199. The first-order chi connectivity index (χ1) is 19.2. The van der Waals surface area contributed by atoms with Crippen LogP contribution in [0.2, 0.25) is 0 Å². The van der Waals surface area contributed by atoms with Crippen molar-refractivity contribution in [3.05, 3.63) is 46.8 Å². The largest absolute Gasteiger partial charge is 0.790 e. The van der Waals surface area contributed by atoms with Crippen molar-refractivity contribution in [3.8, 4) is 0 Å². The number of rotatable bonds is 8. The molecule has 2 heterocycles. The van der Waals surface area contributed by atoms with Gasteiger partial charge in [0.2, 0.25) is 11.7 Å². The van der Waals surface area contributed by atoms with Crippen molar-refractivity contribution >= 4 is 19.7 Å². The first kappa shape index (κ1) is 36.9. The van der Waals surface area contributed by atoms with E-state index in [1.807, 2.05) is 0 Å². The minimum atomic E-state index is -5.14. The van der Waals surface area contributed by atoms with Gasteiger partial charge in [-0.3, -0.25) is 9.59 Å². The highest BCUT2D eigenvalue weighted by Gasteiger charge is 2.40. The lowest BCUT2D eigenvalue weighted by molar-refractivity contribution is -0.337. The molecule has 1 aliphatic rings. The molecule has 3 rings (SSSR count). The Balaban J connectivity index is 0.000000524. The Labute approximate surface area is 234 Å². The van der Waals surface area contributed by atoms with Crippen molar-refractivity contribution in [1.82, 2.24) is 19.7 Å². The molecule has 238 valence electrons. The molecule has 0 bridgehead atoms. The highest BCUT2D eigenvalue weighted by Crippen LogP contribution is 2.29. The van der Waals surface area contributed by atoms with Crippen LogP contribution in [0.4, 0.5) is 26.3 Å². The molecule has 0 saturated heterocycles. The minimum absolute atomic E-state index is 0.000783. The molecule has 2 aromatic rings. The number of phosphoric acid groups is 1. The fourth-order valence-electron chi connectivity index (χ4n) is 3.47. The van der Waals surface area contributed by atoms with Crippen LogP contribution in [-0.2, 0) is 39.8 Å². The van der Waals surface area contributed by atoms with Crippen molar-refractivity contribution in [1.29, 1.82) is 0 Å². The maximum Gasteiger partial charge on any atom is 0.451 e. The van der Waals surface area contributed by atoms with Crippen LogP contribution in [-0.4, -0.2) is 66.7 Å². The van der Waals surface area contributed by atoms with E-state index in [0.717, 1.165) is 4.57 Å². The lowest BCUT2D eigenvalue weighted by Crippen LogP contribution is -2.42. The second kappa shape index (κ2) is 15.9. The zero-order valence-electron chi connectivity index (χ0n) is 21.6. The van der Waals surface area contributed by atoms with E-state index in [-0.39, 0.29) is 43.9 Å². The molecule has 0 fully saturated rings. The van der Waals surface area contributed by atoms with Crippen molar-refractivity contribution in [2.75, 3.05) is 13.1 Å². The second-order valence-electron chi connectivity index (χ2n) is 8.77. The molecule has 8 N–H and O–H groups in total. The topological polar surface area (TPSA) is 250 Å². The van der Waals surface area contributed by atoms with Gasteiger partial charge in [-0.2, -0.15) is 13.2 Å². The summed E-state index contributed by atoms with van der Waals surface area (Å²) in [5.74, 6) is -6.10. The quantitative estimate of drug-likeness (QED) is 0.133. The maximum atomic E-state index is 13.7. The van der Waals surface area contributed by atoms with Crippen molar-refractivity contribution in [3.63, 3.8) is 0 Å². The first-order valence-corrected chi connectivity index (χ1v) is 13.3. The van der Waals surface area contributed by atoms with E-state index in [4.69, 9.17) is 41.6 Å². The van der Waals surface area contributed by atoms with Crippen LogP contribution in [0.5, 0.6) is 0 Å². The molecule has 2 atom stereocenters. The van der Waals surface area contributed by atoms with E-state index < -0.39 is 61.2 Å². The number of nitrogens with two attached hydrogens (primary N) is 3. The van der Waals surface area contributed by atoms with Gasteiger partial charge >= 0.3 is 12.1 Å². The fourth-order valence-corrected chi connectivity index (χ4v) is 3.47. The van der Waals surface area contributed by atoms with E-state index in [2.05, 4.69) is 10.2 Å². The first-order valence-electron chi connectivity index (χ1n) is 11.8. The number of hydrogen-bond donors (Lipinski definition) is 5. The summed E-state index contributed by atoms with van der Waals surface area (Å²) >= 11 is 0. The molecule has 0 radical (unpaired) electrons. The van der Waals surface area contributed by atoms with Gasteiger partial charge < -0.3 is 51.0 Å². The van der Waals surface area contributed by atoms with Crippen LogP contribution in [0, 0.1) is 17.5 Å². The minimum Gasteiger partial charge on any atom is -0.790 e. The van der Waals surface area contributed by atoms with Crippen LogP contribution in [0.15, 0.2) is 12.1 Å². The zero-order valence-corrected chi connectivity index (χ0v) is 22.5. The lowest BCUT2D eigenvalue weighted by Gasteiger charge is -2.29. The van der Waals surface area contributed by atoms with E-state index in [0.29, 0.717) is 31.5 Å². The summed E-state index contributed by atoms with van der Waals surface area (Å²) in [5, 5.41) is 14.8. The summed E-state index contributed by atoms with van der Waals surface area (Å²) in [5.41, 5.74) is 15.9. The molecular formula is C21H28F6N7O7P-2. The van der Waals surface area contributed by atoms with E-state index in [9.17, 15) is 35.9 Å². The van der Waals surface area contributed by atoms with Crippen LogP contribution in [0.3, 0.4) is 0 Å². The Kier molecular flexibility index (Phi) is 14.0. The number of amides is 1. The number of carboxylic acid groups (broad SMARTS) is 1. The van der Waals surface area contributed by atoms with Crippen LogP contribution >= 0.6 is 7.82 Å². The SMILES string of the molecule is NCCC[C@H](N)C(=O)O.N[C@@H](CC(=O)N1CCn2c(nnc2C(F)(F)F)C1)Cc1cc(F)c(F)cc1F.O=P([O-])([O-])O. The highest BCUT2D eigenvalue weighted by atomic mass is 31.2. The summed E-state index contributed by atoms with van der Waals surface area (Å²) in [6.07, 6.45) is -3.97. The second-order valence-corrected chi connectivity index (χ2v) is 9.71. The lowest BCUT2D eigenvalue weighted by atomic mass is 10.0.